The first-order valence-electron chi connectivity index (χ1n) is 9.42. The lowest BCUT2D eigenvalue weighted by atomic mass is 9.99. The molecule has 2 fully saturated rings. The van der Waals surface area contributed by atoms with Crippen molar-refractivity contribution in [2.75, 3.05) is 39.9 Å². The second-order valence-corrected chi connectivity index (χ2v) is 7.15. The highest BCUT2D eigenvalue weighted by atomic mass is 127. The summed E-state index contributed by atoms with van der Waals surface area (Å²) in [7, 11) is 1.86. The highest BCUT2D eigenvalue weighted by Crippen LogP contribution is 2.21. The maximum Gasteiger partial charge on any atom is 0.193 e. The van der Waals surface area contributed by atoms with Crippen LogP contribution in [0, 0.1) is 6.92 Å². The van der Waals surface area contributed by atoms with E-state index in [0.29, 0.717) is 5.92 Å². The highest BCUT2D eigenvalue weighted by molar-refractivity contribution is 14.0. The fraction of sp³-hybridized carbons (Fsp3) is 0.650. The molecule has 1 N–H and O–H groups in total. The van der Waals surface area contributed by atoms with E-state index in [1.54, 1.807) is 0 Å². The Morgan fingerprint density at radius 2 is 2.12 bits per heavy atom. The first-order chi connectivity index (χ1) is 12.2. The fourth-order valence-electron chi connectivity index (χ4n) is 3.66. The summed E-state index contributed by atoms with van der Waals surface area (Å²) in [6, 6.07) is 8.73. The third-order valence-corrected chi connectivity index (χ3v) is 5.16. The van der Waals surface area contributed by atoms with Gasteiger partial charge in [0.2, 0.25) is 0 Å². The lowest BCUT2D eigenvalue weighted by Gasteiger charge is -2.37. The molecule has 2 aliphatic heterocycles. The SMILES string of the molecule is CN=C(NCC(C)c1cccc(C)c1)N1CCOC(C2CCCO2)C1.I. The molecule has 5 nitrogen and oxygen atoms in total. The second-order valence-electron chi connectivity index (χ2n) is 7.15. The smallest absolute Gasteiger partial charge is 0.193 e. The number of aryl methyl sites for hydroxylation is 1. The van der Waals surface area contributed by atoms with Gasteiger partial charge in [-0.25, -0.2) is 0 Å². The summed E-state index contributed by atoms with van der Waals surface area (Å²) in [5, 5.41) is 3.55. The van der Waals surface area contributed by atoms with Crippen molar-refractivity contribution in [1.82, 2.24) is 10.2 Å². The molecule has 3 atom stereocenters. The standard InChI is InChI=1S/C20H31N3O2.HI/c1-15-6-4-7-17(12-15)16(2)13-22-20(21-3)23-9-11-25-19(14-23)18-8-5-10-24-18;/h4,6-7,12,16,18-19H,5,8-11,13-14H2,1-3H3,(H,21,22);1H. The number of nitrogens with zero attached hydrogens (tertiary/aromatic N) is 2. The Balaban J connectivity index is 0.00000243. The Hall–Kier alpha value is -0.860. The Kier molecular flexibility index (Phi) is 8.63. The van der Waals surface area contributed by atoms with Crippen LogP contribution in [0.25, 0.3) is 0 Å². The number of benzene rings is 1. The molecule has 0 aromatic heterocycles. The van der Waals surface area contributed by atoms with Gasteiger partial charge in [0, 0.05) is 33.3 Å². The molecule has 0 aliphatic carbocycles. The van der Waals surface area contributed by atoms with Crippen molar-refractivity contribution in [3.05, 3.63) is 35.4 Å². The van der Waals surface area contributed by atoms with Crippen molar-refractivity contribution in [3.8, 4) is 0 Å². The molecule has 1 aromatic carbocycles. The van der Waals surface area contributed by atoms with Crippen LogP contribution in [0.15, 0.2) is 29.3 Å². The van der Waals surface area contributed by atoms with Gasteiger partial charge in [-0.2, -0.15) is 0 Å². The van der Waals surface area contributed by atoms with Crippen molar-refractivity contribution in [1.29, 1.82) is 0 Å². The van der Waals surface area contributed by atoms with Crippen LogP contribution in [0.1, 0.15) is 36.8 Å². The fourth-order valence-corrected chi connectivity index (χ4v) is 3.66. The van der Waals surface area contributed by atoms with Gasteiger partial charge in [-0.05, 0) is 31.2 Å². The van der Waals surface area contributed by atoms with Gasteiger partial charge >= 0.3 is 0 Å². The number of halogens is 1. The molecule has 2 saturated heterocycles. The van der Waals surface area contributed by atoms with Gasteiger partial charge in [0.25, 0.3) is 0 Å². The molecule has 3 rings (SSSR count). The highest BCUT2D eigenvalue weighted by Gasteiger charge is 2.32. The van der Waals surface area contributed by atoms with Crippen molar-refractivity contribution in [2.24, 2.45) is 4.99 Å². The van der Waals surface area contributed by atoms with Crippen LogP contribution in [0.3, 0.4) is 0 Å². The Morgan fingerprint density at radius 3 is 2.81 bits per heavy atom. The molecule has 2 heterocycles. The lowest BCUT2D eigenvalue weighted by Crippen LogP contribution is -2.53. The number of rotatable bonds is 4. The normalized spacial score (nSPS) is 24.9. The molecule has 1 aromatic rings. The molecule has 6 heteroatoms. The van der Waals surface area contributed by atoms with Gasteiger partial charge in [0.1, 0.15) is 6.10 Å². The predicted octanol–water partition coefficient (Wildman–Crippen LogP) is 3.17. The summed E-state index contributed by atoms with van der Waals surface area (Å²) < 4.78 is 11.8. The van der Waals surface area contributed by atoms with Gasteiger partial charge in [-0.3, -0.25) is 4.99 Å². The van der Waals surface area contributed by atoms with Gasteiger partial charge in [0.15, 0.2) is 5.96 Å². The van der Waals surface area contributed by atoms with Gasteiger partial charge in [0.05, 0.1) is 12.7 Å². The van der Waals surface area contributed by atoms with Crippen molar-refractivity contribution in [2.45, 2.75) is 44.8 Å². The molecular weight excluding hydrogens is 441 g/mol. The zero-order valence-corrected chi connectivity index (χ0v) is 18.4. The second kappa shape index (κ2) is 10.5. The Bertz CT molecular complexity index is 590. The first-order valence-corrected chi connectivity index (χ1v) is 9.42. The van der Waals surface area contributed by atoms with E-state index in [2.05, 4.69) is 53.3 Å². The molecule has 0 saturated carbocycles. The number of ether oxygens (including phenoxy) is 2. The van der Waals surface area contributed by atoms with Gasteiger partial charge in [-0.15, -0.1) is 24.0 Å². The van der Waals surface area contributed by atoms with Gasteiger partial charge in [-0.1, -0.05) is 36.8 Å². The van der Waals surface area contributed by atoms with Crippen LogP contribution in [0.4, 0.5) is 0 Å². The lowest BCUT2D eigenvalue weighted by molar-refractivity contribution is -0.0817. The van der Waals surface area contributed by atoms with E-state index in [1.165, 1.54) is 11.1 Å². The molecular formula is C20H32IN3O2. The van der Waals surface area contributed by atoms with Crippen LogP contribution >= 0.6 is 24.0 Å². The zero-order chi connectivity index (χ0) is 17.6. The number of guanidine groups is 1. The van der Waals surface area contributed by atoms with Crippen LogP contribution in [0.5, 0.6) is 0 Å². The number of hydrogen-bond acceptors (Lipinski definition) is 3. The predicted molar refractivity (Wildman–Crippen MR) is 117 cm³/mol. The average molecular weight is 473 g/mol. The molecule has 0 amide bonds. The third kappa shape index (κ3) is 5.57. The molecule has 0 bridgehead atoms. The summed E-state index contributed by atoms with van der Waals surface area (Å²) in [5.41, 5.74) is 2.67. The van der Waals surface area contributed by atoms with Crippen LogP contribution in [0.2, 0.25) is 0 Å². The van der Waals surface area contributed by atoms with Gasteiger partial charge < -0.3 is 19.7 Å². The van der Waals surface area contributed by atoms with E-state index in [9.17, 15) is 0 Å². The van der Waals surface area contributed by atoms with Crippen LogP contribution < -0.4 is 5.32 Å². The third-order valence-electron chi connectivity index (χ3n) is 5.16. The van der Waals surface area contributed by atoms with E-state index < -0.39 is 0 Å². The Labute approximate surface area is 174 Å². The van der Waals surface area contributed by atoms with Crippen molar-refractivity contribution in [3.63, 3.8) is 0 Å². The number of aliphatic imine (C=N–C) groups is 1. The largest absolute Gasteiger partial charge is 0.375 e. The van der Waals surface area contributed by atoms with E-state index in [4.69, 9.17) is 9.47 Å². The average Bonchev–Trinajstić information content (AvgIpc) is 3.17. The van der Waals surface area contributed by atoms with E-state index in [-0.39, 0.29) is 36.2 Å². The maximum absolute atomic E-state index is 5.95. The summed E-state index contributed by atoms with van der Waals surface area (Å²) >= 11 is 0. The maximum atomic E-state index is 5.95. The quantitative estimate of drug-likeness (QED) is 0.415. The zero-order valence-electron chi connectivity index (χ0n) is 16.1. The summed E-state index contributed by atoms with van der Waals surface area (Å²) in [6.07, 6.45) is 2.65. The molecule has 26 heavy (non-hydrogen) atoms. The monoisotopic (exact) mass is 473 g/mol. The van der Waals surface area contributed by atoms with E-state index >= 15 is 0 Å². The Morgan fingerprint density at radius 1 is 1.31 bits per heavy atom. The molecule has 0 radical (unpaired) electrons. The van der Waals surface area contributed by atoms with E-state index in [0.717, 1.165) is 51.6 Å². The summed E-state index contributed by atoms with van der Waals surface area (Å²) in [5.74, 6) is 1.40. The molecule has 146 valence electrons. The summed E-state index contributed by atoms with van der Waals surface area (Å²) in [4.78, 5) is 6.80. The summed E-state index contributed by atoms with van der Waals surface area (Å²) in [6.45, 7) is 8.60. The minimum atomic E-state index is 0. The number of hydrogen-bond donors (Lipinski definition) is 1. The molecule has 2 aliphatic rings. The van der Waals surface area contributed by atoms with Crippen molar-refractivity contribution >= 4 is 29.9 Å². The first kappa shape index (κ1) is 21.4. The number of morpholine rings is 1. The molecule has 0 spiro atoms. The topological polar surface area (TPSA) is 46.1 Å². The molecule has 3 unspecified atom stereocenters. The number of nitrogens with one attached hydrogen (secondary N) is 1. The minimum Gasteiger partial charge on any atom is -0.375 e. The van der Waals surface area contributed by atoms with Crippen molar-refractivity contribution < 1.29 is 9.47 Å². The van der Waals surface area contributed by atoms with E-state index in [1.807, 2.05) is 7.05 Å². The van der Waals surface area contributed by atoms with Crippen LogP contribution in [-0.2, 0) is 9.47 Å². The minimum absolute atomic E-state index is 0. The van der Waals surface area contributed by atoms with Crippen LogP contribution in [-0.4, -0.2) is 63.0 Å².